The van der Waals surface area contributed by atoms with Crippen LogP contribution >= 0.6 is 11.8 Å². The summed E-state index contributed by atoms with van der Waals surface area (Å²) < 4.78 is 1.80. The summed E-state index contributed by atoms with van der Waals surface area (Å²) in [5, 5.41) is 22.1. The van der Waals surface area contributed by atoms with Gasteiger partial charge in [0.25, 0.3) is 5.69 Å². The van der Waals surface area contributed by atoms with Gasteiger partial charge < -0.3 is 9.88 Å². The number of hydrogen-bond acceptors (Lipinski definition) is 7. The number of nitrogens with zero attached hydrogens (tertiary/aromatic N) is 5. The van der Waals surface area contributed by atoms with Crippen LogP contribution in [0.2, 0.25) is 0 Å². The van der Waals surface area contributed by atoms with Crippen molar-refractivity contribution in [1.82, 2.24) is 19.7 Å². The molecule has 0 bridgehead atoms. The molecule has 1 unspecified atom stereocenters. The van der Waals surface area contributed by atoms with E-state index in [1.54, 1.807) is 36.9 Å². The maximum Gasteiger partial charge on any atom is 0.271 e. The van der Waals surface area contributed by atoms with Gasteiger partial charge in [0.15, 0.2) is 11.0 Å². The van der Waals surface area contributed by atoms with Crippen LogP contribution in [-0.2, 0) is 11.8 Å². The number of hydrogen-bond donors (Lipinski definition) is 1. The third-order valence-corrected chi connectivity index (χ3v) is 5.23. The minimum Gasteiger partial charge on any atom is -0.325 e. The second-order valence-electron chi connectivity index (χ2n) is 6.11. The van der Waals surface area contributed by atoms with E-state index in [-0.39, 0.29) is 11.6 Å². The summed E-state index contributed by atoms with van der Waals surface area (Å²) in [6.07, 6.45) is 3.37. The summed E-state index contributed by atoms with van der Waals surface area (Å²) >= 11 is 1.25. The van der Waals surface area contributed by atoms with E-state index in [0.29, 0.717) is 16.7 Å². The van der Waals surface area contributed by atoms with Crippen molar-refractivity contribution < 1.29 is 9.72 Å². The van der Waals surface area contributed by atoms with Crippen molar-refractivity contribution in [2.75, 3.05) is 5.32 Å². The number of rotatable bonds is 6. The number of nitrogens with one attached hydrogen (secondary N) is 1. The van der Waals surface area contributed by atoms with Crippen LogP contribution in [0.1, 0.15) is 12.5 Å². The van der Waals surface area contributed by atoms with Crippen molar-refractivity contribution in [2.45, 2.75) is 24.3 Å². The number of non-ortho nitro benzene ring substituents is 1. The summed E-state index contributed by atoms with van der Waals surface area (Å²) in [5.74, 6) is 0.372. The molecule has 28 heavy (non-hydrogen) atoms. The van der Waals surface area contributed by atoms with Gasteiger partial charge in [-0.15, -0.1) is 10.2 Å². The van der Waals surface area contributed by atoms with Crippen molar-refractivity contribution in [3.63, 3.8) is 0 Å². The summed E-state index contributed by atoms with van der Waals surface area (Å²) in [6, 6.07) is 8.06. The Bertz CT molecular complexity index is 1020. The zero-order valence-electron chi connectivity index (χ0n) is 15.5. The fourth-order valence-corrected chi connectivity index (χ4v) is 3.28. The average molecular weight is 398 g/mol. The first-order valence-corrected chi connectivity index (χ1v) is 9.27. The molecule has 1 amide bonds. The Hall–Kier alpha value is -3.27. The molecular weight excluding hydrogens is 380 g/mol. The molecule has 0 saturated carbocycles. The highest BCUT2D eigenvalue weighted by Crippen LogP contribution is 2.27. The number of nitro groups is 1. The molecule has 0 saturated heterocycles. The third-order valence-electron chi connectivity index (χ3n) is 4.10. The van der Waals surface area contributed by atoms with Crippen LogP contribution in [0.15, 0.2) is 47.9 Å². The lowest BCUT2D eigenvalue weighted by molar-refractivity contribution is -0.384. The molecule has 3 aromatic rings. The molecular formula is C18H18N6O3S. The topological polar surface area (TPSA) is 116 Å². The maximum atomic E-state index is 12.6. The molecule has 0 aliphatic heterocycles. The Morgan fingerprint density at radius 1 is 1.32 bits per heavy atom. The first-order chi connectivity index (χ1) is 13.4. The number of thioether (sulfide) groups is 1. The van der Waals surface area contributed by atoms with E-state index in [4.69, 9.17) is 0 Å². The zero-order chi connectivity index (χ0) is 20.3. The zero-order valence-corrected chi connectivity index (χ0v) is 16.3. The molecule has 0 aliphatic rings. The van der Waals surface area contributed by atoms with Gasteiger partial charge >= 0.3 is 0 Å². The van der Waals surface area contributed by atoms with Crippen LogP contribution in [0, 0.1) is 17.0 Å². The highest BCUT2D eigenvalue weighted by atomic mass is 32.2. The SMILES string of the molecule is Cc1ccc([N+](=O)[O-])cc1NC(=O)C(C)Sc1nnc(-c2cccnc2)n1C. The number of benzene rings is 1. The number of aromatic nitrogens is 4. The largest absolute Gasteiger partial charge is 0.325 e. The van der Waals surface area contributed by atoms with E-state index < -0.39 is 10.2 Å². The van der Waals surface area contributed by atoms with Crippen LogP contribution in [0.5, 0.6) is 0 Å². The van der Waals surface area contributed by atoms with Crippen molar-refractivity contribution >= 4 is 29.0 Å². The quantitative estimate of drug-likeness (QED) is 0.385. The van der Waals surface area contributed by atoms with Crippen LogP contribution in [-0.4, -0.2) is 35.8 Å². The van der Waals surface area contributed by atoms with E-state index in [9.17, 15) is 14.9 Å². The molecule has 3 rings (SSSR count). The average Bonchev–Trinajstić information content (AvgIpc) is 3.04. The highest BCUT2D eigenvalue weighted by molar-refractivity contribution is 8.00. The van der Waals surface area contributed by atoms with Gasteiger partial charge in [0.05, 0.1) is 15.9 Å². The molecule has 9 nitrogen and oxygen atoms in total. The van der Waals surface area contributed by atoms with Crippen LogP contribution in [0.25, 0.3) is 11.4 Å². The van der Waals surface area contributed by atoms with Gasteiger partial charge in [-0.2, -0.15) is 0 Å². The van der Waals surface area contributed by atoms with Gasteiger partial charge in [-0.25, -0.2) is 0 Å². The lowest BCUT2D eigenvalue weighted by Gasteiger charge is -2.13. The monoisotopic (exact) mass is 398 g/mol. The molecule has 0 radical (unpaired) electrons. The van der Waals surface area contributed by atoms with E-state index in [2.05, 4.69) is 20.5 Å². The predicted molar refractivity (Wildman–Crippen MR) is 106 cm³/mol. The Morgan fingerprint density at radius 3 is 2.79 bits per heavy atom. The smallest absolute Gasteiger partial charge is 0.271 e. The Labute approximate surface area is 165 Å². The van der Waals surface area contributed by atoms with Crippen LogP contribution in [0.4, 0.5) is 11.4 Å². The van der Waals surface area contributed by atoms with Gasteiger partial charge in [0, 0.05) is 37.1 Å². The van der Waals surface area contributed by atoms with E-state index in [1.165, 1.54) is 23.9 Å². The summed E-state index contributed by atoms with van der Waals surface area (Å²) in [6.45, 7) is 3.52. The first-order valence-electron chi connectivity index (χ1n) is 8.39. The number of amides is 1. The van der Waals surface area contributed by atoms with Crippen molar-refractivity contribution in [3.8, 4) is 11.4 Å². The molecule has 144 valence electrons. The lowest BCUT2D eigenvalue weighted by atomic mass is 10.2. The minimum atomic E-state index is -0.493. The van der Waals surface area contributed by atoms with Crippen LogP contribution in [0.3, 0.4) is 0 Å². The number of anilines is 1. The Kier molecular flexibility index (Phi) is 5.69. The molecule has 1 atom stereocenters. The molecule has 0 aliphatic carbocycles. The lowest BCUT2D eigenvalue weighted by Crippen LogP contribution is -2.23. The molecule has 0 spiro atoms. The van der Waals surface area contributed by atoms with Gasteiger partial charge in [-0.05, 0) is 31.5 Å². The molecule has 10 heteroatoms. The molecule has 2 heterocycles. The predicted octanol–water partition coefficient (Wildman–Crippen LogP) is 3.21. The second kappa shape index (κ2) is 8.17. The summed E-state index contributed by atoms with van der Waals surface area (Å²) in [7, 11) is 1.82. The van der Waals surface area contributed by atoms with Crippen molar-refractivity contribution in [2.24, 2.45) is 7.05 Å². The van der Waals surface area contributed by atoms with E-state index >= 15 is 0 Å². The maximum absolute atomic E-state index is 12.6. The van der Waals surface area contributed by atoms with Crippen molar-refractivity contribution in [1.29, 1.82) is 0 Å². The molecule has 2 aromatic heterocycles. The fraction of sp³-hybridized carbons (Fsp3) is 0.222. The highest BCUT2D eigenvalue weighted by Gasteiger charge is 2.21. The standard InChI is InChI=1S/C18H18N6O3S/c1-11-6-7-14(24(26)27)9-15(11)20-17(25)12(2)28-18-22-21-16(23(18)3)13-5-4-8-19-10-13/h4-10,12H,1-3H3,(H,20,25). The Balaban J connectivity index is 1.73. The number of pyridine rings is 1. The summed E-state index contributed by atoms with van der Waals surface area (Å²) in [4.78, 5) is 27.1. The number of carbonyl (C=O) groups excluding carboxylic acids is 1. The van der Waals surface area contributed by atoms with E-state index in [0.717, 1.165) is 11.1 Å². The van der Waals surface area contributed by atoms with Crippen LogP contribution < -0.4 is 5.32 Å². The minimum absolute atomic E-state index is 0.0735. The fourth-order valence-electron chi connectivity index (χ4n) is 2.47. The van der Waals surface area contributed by atoms with Gasteiger partial charge in [0.1, 0.15) is 0 Å². The second-order valence-corrected chi connectivity index (χ2v) is 7.42. The number of carbonyl (C=O) groups is 1. The molecule has 0 fully saturated rings. The molecule has 1 aromatic carbocycles. The number of aryl methyl sites for hydroxylation is 1. The molecule has 1 N–H and O–H groups in total. The first kappa shape index (κ1) is 19.5. The van der Waals surface area contributed by atoms with Gasteiger partial charge in [-0.3, -0.25) is 19.9 Å². The third kappa shape index (κ3) is 4.17. The van der Waals surface area contributed by atoms with Gasteiger partial charge in [-0.1, -0.05) is 17.8 Å². The normalized spacial score (nSPS) is 11.8. The van der Waals surface area contributed by atoms with Gasteiger partial charge in [0.2, 0.25) is 5.91 Å². The summed E-state index contributed by atoms with van der Waals surface area (Å²) in [5.41, 5.74) is 1.92. The van der Waals surface area contributed by atoms with Crippen molar-refractivity contribution in [3.05, 3.63) is 58.4 Å². The Morgan fingerprint density at radius 2 is 2.11 bits per heavy atom. The van der Waals surface area contributed by atoms with E-state index in [1.807, 2.05) is 19.2 Å². The number of nitro benzene ring substituents is 1.